The lowest BCUT2D eigenvalue weighted by atomic mass is 10.3. The summed E-state index contributed by atoms with van der Waals surface area (Å²) in [6.45, 7) is 8.20. The second-order valence-electron chi connectivity index (χ2n) is 2.74. The Hall–Kier alpha value is -0.975. The number of rotatable bonds is 4. The zero-order valence-electron chi connectivity index (χ0n) is 10.6. The van der Waals surface area contributed by atoms with Crippen molar-refractivity contribution in [2.24, 2.45) is 0 Å². The molecule has 15 heavy (non-hydrogen) atoms. The minimum Gasteiger partial charge on any atom is -0.0914 e. The van der Waals surface area contributed by atoms with Crippen LogP contribution >= 0.6 is 0 Å². The van der Waals surface area contributed by atoms with Crippen LogP contribution in [0.25, 0.3) is 0 Å². The average Bonchev–Trinajstić information content (AvgIpc) is 2.21. The molecule has 0 aliphatic carbocycles. The molecule has 0 atom stereocenters. The maximum Gasteiger partial charge on any atom is 0 e. The van der Waals surface area contributed by atoms with E-state index < -0.39 is 0 Å². The van der Waals surface area contributed by atoms with Crippen molar-refractivity contribution in [3.63, 3.8) is 0 Å². The van der Waals surface area contributed by atoms with Gasteiger partial charge >= 0.3 is 0 Å². The van der Waals surface area contributed by atoms with Gasteiger partial charge in [-0.2, -0.15) is 0 Å². The highest BCUT2D eigenvalue weighted by Gasteiger charge is 1.61. The number of hydrogen-bond donors (Lipinski definition) is 0. The maximum absolute atomic E-state index is 2.12. The van der Waals surface area contributed by atoms with Gasteiger partial charge in [0.2, 0.25) is 0 Å². The van der Waals surface area contributed by atoms with E-state index in [2.05, 4.69) is 43.4 Å². The van der Waals surface area contributed by atoms with Crippen molar-refractivity contribution in [2.45, 2.75) is 40.5 Å². The standard InChI is InChI=1S/2C7H12.B/c2*1-3-5-7-6-4-2;/h3,5-7H,4H2,1-2H3;3-6H,7H2,1-2H3;. The third kappa shape index (κ3) is 32.1. The summed E-state index contributed by atoms with van der Waals surface area (Å²) in [6, 6.07) is 0. The predicted octanol–water partition coefficient (Wildman–Crippen LogP) is 4.68. The summed E-state index contributed by atoms with van der Waals surface area (Å²) in [6.07, 6.45) is 18.8. The fourth-order valence-electron chi connectivity index (χ4n) is 0.676. The molecule has 0 N–H and O–H groups in total. The first-order chi connectivity index (χ1) is 6.83. The second kappa shape index (κ2) is 23.1. The third-order valence-electron chi connectivity index (χ3n) is 1.42. The Kier molecular flexibility index (Phi) is 30.2. The van der Waals surface area contributed by atoms with Crippen molar-refractivity contribution in [1.82, 2.24) is 0 Å². The van der Waals surface area contributed by atoms with E-state index in [1.165, 1.54) is 0 Å². The molecule has 0 aromatic rings. The molecule has 0 bridgehead atoms. The third-order valence-corrected chi connectivity index (χ3v) is 1.42. The summed E-state index contributed by atoms with van der Waals surface area (Å²) in [5.41, 5.74) is 0. The van der Waals surface area contributed by atoms with E-state index in [0.29, 0.717) is 0 Å². The van der Waals surface area contributed by atoms with Crippen molar-refractivity contribution < 1.29 is 0 Å². The Morgan fingerprint density at radius 2 is 1.27 bits per heavy atom. The fraction of sp³-hybridized carbons (Fsp3) is 0.429. The predicted molar refractivity (Wildman–Crippen MR) is 74.2 cm³/mol. The quantitative estimate of drug-likeness (QED) is 0.353. The Labute approximate surface area is 98.1 Å². The van der Waals surface area contributed by atoms with Gasteiger partial charge in [-0.1, -0.05) is 55.5 Å². The van der Waals surface area contributed by atoms with Crippen molar-refractivity contribution in [2.75, 3.05) is 0 Å². The first-order valence-corrected chi connectivity index (χ1v) is 5.33. The van der Waals surface area contributed by atoms with Crippen LogP contribution in [0.2, 0.25) is 0 Å². The normalized spacial score (nSPS) is 10.9. The van der Waals surface area contributed by atoms with Crippen molar-refractivity contribution in [3.05, 3.63) is 48.6 Å². The summed E-state index contributed by atoms with van der Waals surface area (Å²) < 4.78 is 0. The van der Waals surface area contributed by atoms with Crippen LogP contribution in [0, 0.1) is 0 Å². The Balaban J connectivity index is -0.000000180. The highest BCUT2D eigenvalue weighted by atomic mass is 13.7. The lowest BCUT2D eigenvalue weighted by Crippen LogP contribution is -1.52. The van der Waals surface area contributed by atoms with E-state index in [-0.39, 0.29) is 8.41 Å². The summed E-state index contributed by atoms with van der Waals surface area (Å²) >= 11 is 0. The molecule has 0 aliphatic rings. The molecule has 0 aromatic carbocycles. The van der Waals surface area contributed by atoms with Gasteiger partial charge in [-0.25, -0.2) is 0 Å². The van der Waals surface area contributed by atoms with Crippen molar-refractivity contribution in [3.8, 4) is 0 Å². The SMILES string of the molecule is CC=CC=CCC.CC=CCC=CC.[B]. The molecular weight excluding hydrogens is 179 g/mol. The van der Waals surface area contributed by atoms with Gasteiger partial charge in [0.1, 0.15) is 0 Å². The Morgan fingerprint density at radius 1 is 0.733 bits per heavy atom. The largest absolute Gasteiger partial charge is 0.0914 e. The van der Waals surface area contributed by atoms with Gasteiger partial charge in [0.15, 0.2) is 0 Å². The van der Waals surface area contributed by atoms with Crippen LogP contribution in [0.4, 0.5) is 0 Å². The summed E-state index contributed by atoms with van der Waals surface area (Å²) in [4.78, 5) is 0. The topological polar surface area (TPSA) is 0 Å². The van der Waals surface area contributed by atoms with Gasteiger partial charge in [-0.05, 0) is 33.6 Å². The van der Waals surface area contributed by atoms with Crippen LogP contribution in [0.5, 0.6) is 0 Å². The van der Waals surface area contributed by atoms with E-state index in [0.717, 1.165) is 12.8 Å². The Morgan fingerprint density at radius 3 is 1.60 bits per heavy atom. The first kappa shape index (κ1) is 19.6. The molecule has 1 heteroatoms. The molecule has 0 amide bonds. The van der Waals surface area contributed by atoms with Crippen molar-refractivity contribution in [1.29, 1.82) is 0 Å². The summed E-state index contributed by atoms with van der Waals surface area (Å²) in [5, 5.41) is 0. The van der Waals surface area contributed by atoms with E-state index in [9.17, 15) is 0 Å². The molecule has 0 nitrogen and oxygen atoms in total. The van der Waals surface area contributed by atoms with Crippen LogP contribution < -0.4 is 0 Å². The lowest BCUT2D eigenvalue weighted by molar-refractivity contribution is 1.22. The fourth-order valence-corrected chi connectivity index (χ4v) is 0.676. The van der Waals surface area contributed by atoms with Gasteiger partial charge in [-0.3, -0.25) is 0 Å². The summed E-state index contributed by atoms with van der Waals surface area (Å²) in [5.74, 6) is 0. The highest BCUT2D eigenvalue weighted by Crippen LogP contribution is 1.82. The van der Waals surface area contributed by atoms with Gasteiger partial charge in [0.25, 0.3) is 0 Å². The van der Waals surface area contributed by atoms with Crippen LogP contribution in [-0.4, -0.2) is 8.41 Å². The van der Waals surface area contributed by atoms with Crippen molar-refractivity contribution >= 4 is 8.41 Å². The van der Waals surface area contributed by atoms with E-state index >= 15 is 0 Å². The van der Waals surface area contributed by atoms with E-state index in [4.69, 9.17) is 0 Å². The smallest absolute Gasteiger partial charge is 0 e. The van der Waals surface area contributed by atoms with E-state index in [1.807, 2.05) is 32.9 Å². The van der Waals surface area contributed by atoms with Crippen LogP contribution in [0.1, 0.15) is 40.5 Å². The van der Waals surface area contributed by atoms with Gasteiger partial charge in [0.05, 0.1) is 0 Å². The second-order valence-corrected chi connectivity index (χ2v) is 2.74. The highest BCUT2D eigenvalue weighted by molar-refractivity contribution is 5.75. The van der Waals surface area contributed by atoms with Crippen LogP contribution in [0.3, 0.4) is 0 Å². The molecule has 0 spiro atoms. The molecule has 0 saturated carbocycles. The van der Waals surface area contributed by atoms with Gasteiger partial charge in [-0.15, -0.1) is 0 Å². The first-order valence-electron chi connectivity index (χ1n) is 5.33. The zero-order chi connectivity index (χ0) is 11.1. The molecule has 0 aliphatic heterocycles. The molecule has 3 radical (unpaired) electrons. The number of hydrogen-bond acceptors (Lipinski definition) is 0. The molecule has 0 saturated heterocycles. The zero-order valence-corrected chi connectivity index (χ0v) is 10.6. The minimum atomic E-state index is 0. The molecule has 0 heterocycles. The van der Waals surface area contributed by atoms with Crippen LogP contribution in [-0.2, 0) is 0 Å². The maximum atomic E-state index is 2.12. The molecule has 0 fully saturated rings. The van der Waals surface area contributed by atoms with Crippen LogP contribution in [0.15, 0.2) is 48.6 Å². The molecule has 0 aromatic heterocycles. The average molecular weight is 203 g/mol. The van der Waals surface area contributed by atoms with Gasteiger partial charge < -0.3 is 0 Å². The minimum absolute atomic E-state index is 0. The Bertz CT molecular complexity index is 176. The number of allylic oxidation sites excluding steroid dienone is 8. The lowest BCUT2D eigenvalue weighted by Gasteiger charge is -1.73. The monoisotopic (exact) mass is 203 g/mol. The summed E-state index contributed by atoms with van der Waals surface area (Å²) in [7, 11) is 0. The molecule has 0 unspecified atom stereocenters. The van der Waals surface area contributed by atoms with Gasteiger partial charge in [0, 0.05) is 8.41 Å². The molecular formula is C14H24B. The molecule has 83 valence electrons. The molecule has 0 rings (SSSR count). The van der Waals surface area contributed by atoms with E-state index in [1.54, 1.807) is 0 Å².